The molecule has 5 heteroatoms. The van der Waals surface area contributed by atoms with Crippen LogP contribution in [0.3, 0.4) is 0 Å². The van der Waals surface area contributed by atoms with Crippen LogP contribution < -0.4 is 0 Å². The molecule has 4 nitrogen and oxygen atoms in total. The lowest BCUT2D eigenvalue weighted by Crippen LogP contribution is -2.13. The van der Waals surface area contributed by atoms with Crippen molar-refractivity contribution < 1.29 is 14.3 Å². The maximum Gasteiger partial charge on any atom is 0.344 e. The molecule has 0 aliphatic heterocycles. The van der Waals surface area contributed by atoms with Gasteiger partial charge in [0.25, 0.3) is 0 Å². The van der Waals surface area contributed by atoms with Crippen LogP contribution in [0.25, 0.3) is 0 Å². The minimum absolute atomic E-state index is 0.220. The number of hydrogen-bond acceptors (Lipinski definition) is 2. The largest absolute Gasteiger partial charge is 0.479 e. The van der Waals surface area contributed by atoms with E-state index < -0.39 is 12.1 Å². The molecule has 15 heavy (non-hydrogen) atoms. The van der Waals surface area contributed by atoms with Crippen LogP contribution in [-0.2, 0) is 24.7 Å². The van der Waals surface area contributed by atoms with Crippen LogP contribution >= 0.6 is 0 Å². The minimum Gasteiger partial charge on any atom is -0.479 e. The molecule has 1 heterocycles. The summed E-state index contributed by atoms with van der Waals surface area (Å²) in [5, 5.41) is 12.8. The average molecular weight is 212 g/mol. The zero-order chi connectivity index (χ0) is 11.0. The number of halogens is 1. The number of carboxylic acid groups (broad SMARTS) is 1. The Labute approximate surface area is 86.7 Å². The highest BCUT2D eigenvalue weighted by Crippen LogP contribution is 2.29. The Hall–Kier alpha value is -1.39. The van der Waals surface area contributed by atoms with Crippen LogP contribution in [0, 0.1) is 0 Å². The van der Waals surface area contributed by atoms with E-state index in [1.54, 1.807) is 7.05 Å². The predicted octanol–water partition coefficient (Wildman–Crippen LogP) is 1.39. The van der Waals surface area contributed by atoms with Gasteiger partial charge < -0.3 is 5.11 Å². The van der Waals surface area contributed by atoms with Crippen molar-refractivity contribution in [3.63, 3.8) is 0 Å². The summed E-state index contributed by atoms with van der Waals surface area (Å²) in [6.45, 7) is 0. The van der Waals surface area contributed by atoms with Gasteiger partial charge in [-0.3, -0.25) is 4.68 Å². The molecular formula is C10H13FN2O2. The van der Waals surface area contributed by atoms with Crippen molar-refractivity contribution in [3.05, 3.63) is 17.0 Å². The fraction of sp³-hybridized carbons (Fsp3) is 0.600. The van der Waals surface area contributed by atoms with Gasteiger partial charge in [-0.05, 0) is 25.7 Å². The number of carbonyl (C=O) groups is 1. The van der Waals surface area contributed by atoms with E-state index in [1.807, 2.05) is 0 Å². The van der Waals surface area contributed by atoms with Crippen molar-refractivity contribution in [2.75, 3.05) is 0 Å². The second-order valence-corrected chi connectivity index (χ2v) is 3.84. The molecule has 1 aliphatic carbocycles. The van der Waals surface area contributed by atoms with Gasteiger partial charge in [-0.25, -0.2) is 9.18 Å². The molecule has 1 unspecified atom stereocenters. The monoisotopic (exact) mass is 212 g/mol. The molecule has 0 saturated carbocycles. The molecule has 0 radical (unpaired) electrons. The molecule has 0 aromatic carbocycles. The van der Waals surface area contributed by atoms with E-state index in [9.17, 15) is 9.18 Å². The van der Waals surface area contributed by atoms with Crippen molar-refractivity contribution in [1.82, 2.24) is 9.78 Å². The number of carboxylic acids is 1. The van der Waals surface area contributed by atoms with Gasteiger partial charge in [0.2, 0.25) is 6.17 Å². The van der Waals surface area contributed by atoms with Gasteiger partial charge in [0.05, 0.1) is 11.4 Å². The van der Waals surface area contributed by atoms with Crippen LogP contribution in [0.2, 0.25) is 0 Å². The third-order valence-electron chi connectivity index (χ3n) is 2.82. The molecule has 0 amide bonds. The van der Waals surface area contributed by atoms with Crippen molar-refractivity contribution in [2.45, 2.75) is 31.9 Å². The first kappa shape index (κ1) is 10.1. The first-order chi connectivity index (χ1) is 7.11. The van der Waals surface area contributed by atoms with Crippen molar-refractivity contribution in [2.24, 2.45) is 7.05 Å². The normalized spacial score (nSPS) is 17.2. The second kappa shape index (κ2) is 3.64. The van der Waals surface area contributed by atoms with Gasteiger partial charge >= 0.3 is 5.97 Å². The van der Waals surface area contributed by atoms with Gasteiger partial charge in [-0.1, -0.05) is 0 Å². The molecule has 2 rings (SSSR count). The molecule has 1 N–H and O–H groups in total. The summed E-state index contributed by atoms with van der Waals surface area (Å²) in [7, 11) is 1.60. The molecule has 1 aromatic rings. The first-order valence-corrected chi connectivity index (χ1v) is 5.02. The van der Waals surface area contributed by atoms with E-state index in [0.717, 1.165) is 36.9 Å². The maximum atomic E-state index is 13.5. The van der Waals surface area contributed by atoms with Crippen molar-refractivity contribution in [1.29, 1.82) is 0 Å². The Balaban J connectivity index is 2.46. The van der Waals surface area contributed by atoms with Gasteiger partial charge in [-0.2, -0.15) is 5.10 Å². The number of fused-ring (bicyclic) bond motifs is 1. The Morgan fingerprint density at radius 1 is 1.53 bits per heavy atom. The molecule has 0 saturated heterocycles. The smallest absolute Gasteiger partial charge is 0.344 e. The fourth-order valence-electron chi connectivity index (χ4n) is 2.14. The summed E-state index contributed by atoms with van der Waals surface area (Å²) in [5.74, 6) is -1.44. The fourth-order valence-corrected chi connectivity index (χ4v) is 2.14. The quantitative estimate of drug-likeness (QED) is 0.806. The predicted molar refractivity (Wildman–Crippen MR) is 51.3 cm³/mol. The van der Waals surface area contributed by atoms with Gasteiger partial charge in [0, 0.05) is 12.6 Å². The molecule has 1 aromatic heterocycles. The lowest BCUT2D eigenvalue weighted by Gasteiger charge is -2.11. The number of aryl methyl sites for hydroxylation is 2. The first-order valence-electron chi connectivity index (χ1n) is 5.02. The highest BCUT2D eigenvalue weighted by molar-refractivity contribution is 5.74. The van der Waals surface area contributed by atoms with Crippen LogP contribution in [0.5, 0.6) is 0 Å². The zero-order valence-corrected chi connectivity index (χ0v) is 8.53. The number of nitrogens with zero attached hydrogens (tertiary/aromatic N) is 2. The summed E-state index contributed by atoms with van der Waals surface area (Å²) in [5.41, 5.74) is 1.89. The second-order valence-electron chi connectivity index (χ2n) is 3.84. The summed E-state index contributed by atoms with van der Waals surface area (Å²) < 4.78 is 14.8. The number of rotatable bonds is 2. The Morgan fingerprint density at radius 3 is 2.87 bits per heavy atom. The van der Waals surface area contributed by atoms with E-state index in [-0.39, 0.29) is 5.69 Å². The molecule has 0 fully saturated rings. The van der Waals surface area contributed by atoms with Crippen LogP contribution in [0.15, 0.2) is 0 Å². The van der Waals surface area contributed by atoms with E-state index >= 15 is 0 Å². The van der Waals surface area contributed by atoms with Crippen LogP contribution in [-0.4, -0.2) is 20.9 Å². The molecule has 1 atom stereocenters. The molecule has 82 valence electrons. The lowest BCUT2D eigenvalue weighted by molar-refractivity contribution is -0.143. The summed E-state index contributed by atoms with van der Waals surface area (Å²) in [6, 6.07) is 0. The number of alkyl halides is 1. The van der Waals surface area contributed by atoms with Crippen molar-refractivity contribution >= 4 is 5.97 Å². The Morgan fingerprint density at radius 2 is 2.20 bits per heavy atom. The van der Waals surface area contributed by atoms with Gasteiger partial charge in [0.1, 0.15) is 0 Å². The summed E-state index contributed by atoms with van der Waals surface area (Å²) >= 11 is 0. The SMILES string of the molecule is Cn1nc2c(c1C(F)C(=O)O)CCCC2. The van der Waals surface area contributed by atoms with E-state index in [1.165, 1.54) is 4.68 Å². The van der Waals surface area contributed by atoms with Crippen LogP contribution in [0.1, 0.15) is 36.0 Å². The third kappa shape index (κ3) is 1.62. The number of aromatic nitrogens is 2. The van der Waals surface area contributed by atoms with E-state index in [2.05, 4.69) is 5.10 Å². The lowest BCUT2D eigenvalue weighted by atomic mass is 9.94. The zero-order valence-electron chi connectivity index (χ0n) is 8.53. The van der Waals surface area contributed by atoms with Crippen LogP contribution in [0.4, 0.5) is 4.39 Å². The molecule has 0 bridgehead atoms. The van der Waals surface area contributed by atoms with E-state index in [4.69, 9.17) is 5.11 Å². The summed E-state index contributed by atoms with van der Waals surface area (Å²) in [6.07, 6.45) is 1.65. The van der Waals surface area contributed by atoms with Crippen molar-refractivity contribution in [3.8, 4) is 0 Å². The van der Waals surface area contributed by atoms with Gasteiger partial charge in [0.15, 0.2) is 0 Å². The number of hydrogen-bond donors (Lipinski definition) is 1. The Kier molecular flexibility index (Phi) is 2.46. The topological polar surface area (TPSA) is 55.1 Å². The summed E-state index contributed by atoms with van der Waals surface area (Å²) in [4.78, 5) is 10.6. The number of aliphatic carboxylic acids is 1. The average Bonchev–Trinajstić information content (AvgIpc) is 2.52. The minimum atomic E-state index is -1.95. The third-order valence-corrected chi connectivity index (χ3v) is 2.82. The highest BCUT2D eigenvalue weighted by Gasteiger charge is 2.29. The standard InChI is InChI=1S/C10H13FN2O2/c1-13-9(8(11)10(14)15)6-4-2-3-5-7(6)12-13/h8H,2-5H2,1H3,(H,14,15). The van der Waals surface area contributed by atoms with E-state index in [0.29, 0.717) is 0 Å². The molecule has 1 aliphatic rings. The molecule has 0 spiro atoms. The highest BCUT2D eigenvalue weighted by atomic mass is 19.1. The maximum absolute atomic E-state index is 13.5. The Bertz CT molecular complexity index is 400. The van der Waals surface area contributed by atoms with Gasteiger partial charge in [-0.15, -0.1) is 0 Å². The molecular weight excluding hydrogens is 199 g/mol.